The molecule has 2 aromatic carbocycles. The zero-order valence-corrected chi connectivity index (χ0v) is 19.8. The lowest BCUT2D eigenvalue weighted by molar-refractivity contribution is -0.131. The van der Waals surface area contributed by atoms with Gasteiger partial charge in [0.05, 0.1) is 37.3 Å². The molecule has 1 fully saturated rings. The summed E-state index contributed by atoms with van der Waals surface area (Å²) in [5, 5.41) is 12.2. The van der Waals surface area contributed by atoms with Crippen LogP contribution in [0.2, 0.25) is 0 Å². The lowest BCUT2D eigenvalue weighted by Gasteiger charge is -2.19. The summed E-state index contributed by atoms with van der Waals surface area (Å²) in [5.74, 6) is -3.62. The number of halogens is 2. The molecule has 2 heterocycles. The van der Waals surface area contributed by atoms with Crippen molar-refractivity contribution in [3.8, 4) is 11.8 Å². The maximum atomic E-state index is 13.7. The summed E-state index contributed by atoms with van der Waals surface area (Å²) in [5.41, 5.74) is 3.77. The maximum Gasteiger partial charge on any atom is 0.268 e. The molecule has 4 rings (SSSR count). The average molecular weight is 491 g/mol. The standard InChI is InChI=1S/C27H24F2N4O3/c1-17(19-4-6-21(36-2)7-5-19)11-18-3-8-24-23(12-18)22(9-10-31-24)26(35)32-15-25(34)33-16-27(28,29)13-20(33)14-30/h3-12,20H,13,15-16H2,1-2H3,(H,32,35)/b17-11+/t20-/m0/s1. The number of nitrogens with zero attached hydrogens (tertiary/aromatic N) is 3. The Morgan fingerprint density at radius 1 is 1.25 bits per heavy atom. The van der Waals surface area contributed by atoms with Crippen LogP contribution in [0.25, 0.3) is 22.6 Å². The monoisotopic (exact) mass is 490 g/mol. The number of carbonyl (C=O) groups excluding carboxylic acids is 2. The molecule has 0 radical (unpaired) electrons. The summed E-state index contributed by atoms with van der Waals surface area (Å²) in [6, 6.07) is 15.2. The largest absolute Gasteiger partial charge is 0.497 e. The fourth-order valence-corrected chi connectivity index (χ4v) is 4.19. The van der Waals surface area contributed by atoms with E-state index in [0.29, 0.717) is 16.5 Å². The van der Waals surface area contributed by atoms with Gasteiger partial charge in [-0.25, -0.2) is 8.78 Å². The number of ether oxygens (including phenoxy) is 1. The van der Waals surface area contributed by atoms with Gasteiger partial charge in [0.25, 0.3) is 11.8 Å². The number of fused-ring (bicyclic) bond motifs is 1. The van der Waals surface area contributed by atoms with E-state index in [9.17, 15) is 18.4 Å². The van der Waals surface area contributed by atoms with Crippen LogP contribution in [0.15, 0.2) is 54.7 Å². The molecule has 1 aromatic heterocycles. The van der Waals surface area contributed by atoms with E-state index in [0.717, 1.165) is 27.3 Å². The third kappa shape index (κ3) is 5.33. The first-order chi connectivity index (χ1) is 17.2. The van der Waals surface area contributed by atoms with Gasteiger partial charge in [0.2, 0.25) is 5.91 Å². The molecule has 9 heteroatoms. The molecule has 2 amide bonds. The second-order valence-corrected chi connectivity index (χ2v) is 8.60. The molecule has 0 saturated carbocycles. The van der Waals surface area contributed by atoms with Gasteiger partial charge in [0.1, 0.15) is 11.8 Å². The van der Waals surface area contributed by atoms with Crippen molar-refractivity contribution >= 4 is 34.4 Å². The molecule has 0 unspecified atom stereocenters. The highest BCUT2D eigenvalue weighted by Crippen LogP contribution is 2.31. The van der Waals surface area contributed by atoms with E-state index in [1.807, 2.05) is 49.4 Å². The molecule has 1 saturated heterocycles. The van der Waals surface area contributed by atoms with Gasteiger partial charge in [-0.3, -0.25) is 14.6 Å². The van der Waals surface area contributed by atoms with Crippen LogP contribution in [0.4, 0.5) is 8.78 Å². The van der Waals surface area contributed by atoms with Crippen LogP contribution in [0, 0.1) is 11.3 Å². The molecule has 1 atom stereocenters. The molecule has 1 aliphatic heterocycles. The summed E-state index contributed by atoms with van der Waals surface area (Å²) >= 11 is 0. The molecular formula is C27H24F2N4O3. The topological polar surface area (TPSA) is 95.3 Å². The Labute approximate surface area is 207 Å². The van der Waals surface area contributed by atoms with Gasteiger partial charge in [0.15, 0.2) is 0 Å². The van der Waals surface area contributed by atoms with Crippen molar-refractivity contribution in [1.82, 2.24) is 15.2 Å². The minimum atomic E-state index is -3.12. The van der Waals surface area contributed by atoms with Gasteiger partial charge in [-0.1, -0.05) is 24.3 Å². The first kappa shape index (κ1) is 24.8. The second kappa shape index (κ2) is 10.1. The molecule has 0 bridgehead atoms. The Balaban J connectivity index is 1.53. The fraction of sp³-hybridized carbons (Fsp3) is 0.259. The maximum absolute atomic E-state index is 13.7. The summed E-state index contributed by atoms with van der Waals surface area (Å²) in [4.78, 5) is 30.5. The predicted molar refractivity (Wildman–Crippen MR) is 131 cm³/mol. The van der Waals surface area contributed by atoms with Crippen LogP contribution < -0.4 is 10.1 Å². The zero-order valence-electron chi connectivity index (χ0n) is 19.8. The molecule has 184 valence electrons. The number of aromatic nitrogens is 1. The molecule has 36 heavy (non-hydrogen) atoms. The average Bonchev–Trinajstić information content (AvgIpc) is 3.21. The number of likely N-dealkylation sites (tertiary alicyclic amines) is 1. The number of pyridine rings is 1. The van der Waals surface area contributed by atoms with E-state index in [2.05, 4.69) is 10.3 Å². The van der Waals surface area contributed by atoms with Crippen LogP contribution in [0.3, 0.4) is 0 Å². The lowest BCUT2D eigenvalue weighted by atomic mass is 10.0. The fourth-order valence-electron chi connectivity index (χ4n) is 4.19. The molecule has 3 aromatic rings. The summed E-state index contributed by atoms with van der Waals surface area (Å²) in [6.07, 6.45) is 2.77. The van der Waals surface area contributed by atoms with E-state index in [-0.39, 0.29) is 0 Å². The summed E-state index contributed by atoms with van der Waals surface area (Å²) in [7, 11) is 1.61. The van der Waals surface area contributed by atoms with Gasteiger partial charge in [0, 0.05) is 18.0 Å². The summed E-state index contributed by atoms with van der Waals surface area (Å²) in [6.45, 7) is 0.652. The number of hydrogen-bond acceptors (Lipinski definition) is 5. The SMILES string of the molecule is COc1ccc(/C(C)=C/c2ccc3nccc(C(=O)NCC(=O)N4CC(F)(F)C[C@H]4C#N)c3c2)cc1. The number of nitrogens with one attached hydrogen (secondary N) is 1. The van der Waals surface area contributed by atoms with E-state index in [4.69, 9.17) is 10.00 Å². The number of alkyl halides is 2. The molecule has 1 N–H and O–H groups in total. The van der Waals surface area contributed by atoms with E-state index < -0.39 is 43.3 Å². The number of rotatable bonds is 6. The van der Waals surface area contributed by atoms with Crippen molar-refractivity contribution in [1.29, 1.82) is 5.26 Å². The number of amides is 2. The normalized spacial score (nSPS) is 17.0. The van der Waals surface area contributed by atoms with Gasteiger partial charge >= 0.3 is 0 Å². The van der Waals surface area contributed by atoms with Gasteiger partial charge < -0.3 is 15.0 Å². The minimum absolute atomic E-state index is 0.300. The number of hydrogen-bond donors (Lipinski definition) is 1. The third-order valence-electron chi connectivity index (χ3n) is 6.08. The Kier molecular flexibility index (Phi) is 6.97. The molecule has 0 aliphatic carbocycles. The highest BCUT2D eigenvalue weighted by atomic mass is 19.3. The first-order valence-corrected chi connectivity index (χ1v) is 11.3. The summed E-state index contributed by atoms with van der Waals surface area (Å²) < 4.78 is 32.5. The number of carbonyl (C=O) groups is 2. The first-order valence-electron chi connectivity index (χ1n) is 11.3. The molecule has 7 nitrogen and oxygen atoms in total. The van der Waals surface area contributed by atoms with Crippen molar-refractivity contribution in [3.63, 3.8) is 0 Å². The zero-order chi connectivity index (χ0) is 25.9. The van der Waals surface area contributed by atoms with Gasteiger partial charge in [-0.2, -0.15) is 5.26 Å². The lowest BCUT2D eigenvalue weighted by Crippen LogP contribution is -2.43. The van der Waals surface area contributed by atoms with Crippen LogP contribution in [-0.4, -0.2) is 53.9 Å². The van der Waals surface area contributed by atoms with Crippen molar-refractivity contribution in [2.75, 3.05) is 20.2 Å². The van der Waals surface area contributed by atoms with Crippen molar-refractivity contribution in [2.45, 2.75) is 25.3 Å². The van der Waals surface area contributed by atoms with E-state index in [1.54, 1.807) is 19.2 Å². The quantitative estimate of drug-likeness (QED) is 0.520. The smallest absolute Gasteiger partial charge is 0.268 e. The van der Waals surface area contributed by atoms with Gasteiger partial charge in [-0.15, -0.1) is 0 Å². The number of allylic oxidation sites excluding steroid dienone is 1. The second-order valence-electron chi connectivity index (χ2n) is 8.60. The molecule has 1 aliphatic rings. The van der Waals surface area contributed by atoms with Crippen molar-refractivity contribution < 1.29 is 23.1 Å². The Hall–Kier alpha value is -4.32. The van der Waals surface area contributed by atoms with Crippen molar-refractivity contribution in [3.05, 3.63) is 71.4 Å². The molecular weight excluding hydrogens is 466 g/mol. The predicted octanol–water partition coefficient (Wildman–Crippen LogP) is 4.29. The molecule has 0 spiro atoms. The number of benzene rings is 2. The third-order valence-corrected chi connectivity index (χ3v) is 6.08. The van der Waals surface area contributed by atoms with Crippen molar-refractivity contribution in [2.24, 2.45) is 0 Å². The Bertz CT molecular complexity index is 1380. The minimum Gasteiger partial charge on any atom is -0.497 e. The highest BCUT2D eigenvalue weighted by molar-refractivity contribution is 6.07. The van der Waals surface area contributed by atoms with E-state index >= 15 is 0 Å². The van der Waals surface area contributed by atoms with Crippen LogP contribution in [0.5, 0.6) is 5.75 Å². The van der Waals surface area contributed by atoms with Crippen LogP contribution in [0.1, 0.15) is 34.8 Å². The van der Waals surface area contributed by atoms with Crippen LogP contribution in [-0.2, 0) is 4.79 Å². The number of methoxy groups -OCH3 is 1. The number of nitriles is 1. The highest BCUT2D eigenvalue weighted by Gasteiger charge is 2.47. The van der Waals surface area contributed by atoms with Crippen LogP contribution >= 0.6 is 0 Å². The van der Waals surface area contributed by atoms with E-state index in [1.165, 1.54) is 12.3 Å². The van der Waals surface area contributed by atoms with Gasteiger partial charge in [-0.05, 0) is 54.0 Å². The Morgan fingerprint density at radius 2 is 2.00 bits per heavy atom. The Morgan fingerprint density at radius 3 is 2.69 bits per heavy atom.